The van der Waals surface area contributed by atoms with Crippen molar-refractivity contribution in [2.45, 2.75) is 32.2 Å². The Balaban J connectivity index is 1.55. The molecule has 2 aromatic rings. The lowest BCUT2D eigenvalue weighted by molar-refractivity contribution is -0.115. The zero-order valence-electron chi connectivity index (χ0n) is 18.2. The molecule has 2 fully saturated rings. The van der Waals surface area contributed by atoms with E-state index < -0.39 is 5.82 Å². The number of aromatic nitrogens is 2. The number of nitrogen functional groups attached to an aromatic ring is 1. The summed E-state index contributed by atoms with van der Waals surface area (Å²) >= 11 is 0. The van der Waals surface area contributed by atoms with Crippen LogP contribution in [0.4, 0.5) is 16.2 Å². The summed E-state index contributed by atoms with van der Waals surface area (Å²) in [5.41, 5.74) is 7.50. The molecule has 0 bridgehead atoms. The second kappa shape index (κ2) is 8.66. The molecule has 2 heterocycles. The first-order valence-electron chi connectivity index (χ1n) is 10.5. The lowest BCUT2D eigenvalue weighted by atomic mass is 9.91. The first-order valence-corrected chi connectivity index (χ1v) is 10.5. The highest BCUT2D eigenvalue weighted by Crippen LogP contribution is 2.37. The highest BCUT2D eigenvalue weighted by Gasteiger charge is 2.28. The molecule has 1 aromatic heterocycles. The standard InChI is InChI=1S/C22H28FN5O3/c1-13-11-27(12-15(29)9-14-5-4-6-14)7-8-28(13)22-25-19-16(21(24)26-22)10-17(30-2)20(31-3)18(19)23/h9-10,13H,4-8,11-12H2,1-3H3,(H2,24,25,26). The summed E-state index contributed by atoms with van der Waals surface area (Å²) in [6.07, 6.45) is 5.08. The van der Waals surface area contributed by atoms with E-state index in [1.807, 2.05) is 11.8 Å². The van der Waals surface area contributed by atoms with Gasteiger partial charge in [-0.1, -0.05) is 5.57 Å². The quantitative estimate of drug-likeness (QED) is 0.701. The summed E-state index contributed by atoms with van der Waals surface area (Å²) in [6.45, 7) is 4.44. The monoisotopic (exact) mass is 429 g/mol. The molecule has 1 aliphatic carbocycles. The number of allylic oxidation sites excluding steroid dienone is 1. The number of ketones is 1. The minimum atomic E-state index is -0.631. The molecule has 166 valence electrons. The number of halogens is 1. The van der Waals surface area contributed by atoms with E-state index in [0.29, 0.717) is 37.5 Å². The van der Waals surface area contributed by atoms with Gasteiger partial charge in [0.2, 0.25) is 5.95 Å². The third kappa shape index (κ3) is 4.14. The maximum atomic E-state index is 15.1. The molecule has 2 aliphatic rings. The van der Waals surface area contributed by atoms with Gasteiger partial charge in [-0.05, 0) is 38.3 Å². The minimum Gasteiger partial charge on any atom is -0.493 e. The predicted molar refractivity (Wildman–Crippen MR) is 117 cm³/mol. The normalized spacial score (nSPS) is 19.3. The average Bonchev–Trinajstić information content (AvgIpc) is 2.71. The van der Waals surface area contributed by atoms with Crippen molar-refractivity contribution in [2.24, 2.45) is 0 Å². The Morgan fingerprint density at radius 1 is 1.29 bits per heavy atom. The number of carbonyl (C=O) groups is 1. The van der Waals surface area contributed by atoms with Gasteiger partial charge in [0.05, 0.1) is 20.8 Å². The van der Waals surface area contributed by atoms with Gasteiger partial charge in [-0.15, -0.1) is 0 Å². The van der Waals surface area contributed by atoms with Gasteiger partial charge in [-0.2, -0.15) is 4.98 Å². The number of anilines is 2. The van der Waals surface area contributed by atoms with Gasteiger partial charge in [0.25, 0.3) is 0 Å². The summed E-state index contributed by atoms with van der Waals surface area (Å²) in [5.74, 6) is 0.288. The number of hydrogen-bond acceptors (Lipinski definition) is 8. The molecule has 4 rings (SSSR count). The van der Waals surface area contributed by atoms with Crippen LogP contribution in [0.1, 0.15) is 26.2 Å². The number of methoxy groups -OCH3 is 2. The molecule has 1 saturated heterocycles. The van der Waals surface area contributed by atoms with Crippen LogP contribution in [0.5, 0.6) is 11.5 Å². The molecule has 1 aliphatic heterocycles. The Morgan fingerprint density at radius 2 is 2.06 bits per heavy atom. The van der Waals surface area contributed by atoms with Crippen molar-refractivity contribution < 1.29 is 18.7 Å². The van der Waals surface area contributed by atoms with E-state index in [9.17, 15) is 4.79 Å². The summed E-state index contributed by atoms with van der Waals surface area (Å²) in [7, 11) is 2.81. The molecule has 0 spiro atoms. The number of hydrogen-bond donors (Lipinski definition) is 1. The van der Waals surface area contributed by atoms with Crippen LogP contribution in [0, 0.1) is 5.82 Å². The molecule has 1 atom stereocenters. The van der Waals surface area contributed by atoms with Crippen LogP contribution in [0.25, 0.3) is 10.9 Å². The number of piperazine rings is 1. The fraction of sp³-hybridized carbons (Fsp3) is 0.500. The van der Waals surface area contributed by atoms with E-state index in [1.54, 1.807) is 12.1 Å². The number of nitrogens with zero attached hydrogens (tertiary/aromatic N) is 4. The summed E-state index contributed by atoms with van der Waals surface area (Å²) in [4.78, 5) is 25.3. The molecule has 0 radical (unpaired) electrons. The van der Waals surface area contributed by atoms with Crippen molar-refractivity contribution in [1.82, 2.24) is 14.9 Å². The van der Waals surface area contributed by atoms with Gasteiger partial charge in [-0.25, -0.2) is 9.37 Å². The number of carbonyl (C=O) groups excluding carboxylic acids is 1. The third-order valence-corrected chi connectivity index (χ3v) is 6.00. The average molecular weight is 429 g/mol. The van der Waals surface area contributed by atoms with E-state index >= 15 is 4.39 Å². The van der Waals surface area contributed by atoms with E-state index in [2.05, 4.69) is 14.9 Å². The Morgan fingerprint density at radius 3 is 2.68 bits per heavy atom. The van der Waals surface area contributed by atoms with E-state index in [1.165, 1.54) is 26.2 Å². The number of fused-ring (bicyclic) bond motifs is 1. The number of nitrogens with two attached hydrogens (primary N) is 1. The van der Waals surface area contributed by atoms with Gasteiger partial charge in [-0.3, -0.25) is 9.69 Å². The van der Waals surface area contributed by atoms with Crippen molar-refractivity contribution in [3.8, 4) is 11.5 Å². The number of rotatable bonds is 6. The minimum absolute atomic E-state index is 0.0176. The summed E-state index contributed by atoms with van der Waals surface area (Å²) in [5, 5.41) is 0.375. The topological polar surface area (TPSA) is 93.8 Å². The van der Waals surface area contributed by atoms with Crippen molar-refractivity contribution in [1.29, 1.82) is 0 Å². The predicted octanol–water partition coefficient (Wildman–Crippen LogP) is 2.56. The van der Waals surface area contributed by atoms with Crippen molar-refractivity contribution >= 4 is 28.5 Å². The first-order chi connectivity index (χ1) is 14.9. The Bertz CT molecular complexity index is 1040. The number of benzene rings is 1. The highest BCUT2D eigenvalue weighted by molar-refractivity contribution is 5.93. The second-order valence-corrected chi connectivity index (χ2v) is 8.13. The van der Waals surface area contributed by atoms with Crippen LogP contribution < -0.4 is 20.1 Å². The zero-order valence-corrected chi connectivity index (χ0v) is 18.2. The molecule has 8 nitrogen and oxygen atoms in total. The molecule has 1 saturated carbocycles. The fourth-order valence-corrected chi connectivity index (χ4v) is 4.16. The van der Waals surface area contributed by atoms with Gasteiger partial charge < -0.3 is 20.1 Å². The van der Waals surface area contributed by atoms with Gasteiger partial charge >= 0.3 is 0 Å². The lowest BCUT2D eigenvalue weighted by Crippen LogP contribution is -2.53. The van der Waals surface area contributed by atoms with Crippen LogP contribution in [-0.4, -0.2) is 67.1 Å². The molecular weight excluding hydrogens is 401 g/mol. The van der Waals surface area contributed by atoms with E-state index in [0.717, 1.165) is 12.8 Å². The Kier molecular flexibility index (Phi) is 5.95. The van der Waals surface area contributed by atoms with Gasteiger partial charge in [0, 0.05) is 31.1 Å². The molecule has 31 heavy (non-hydrogen) atoms. The molecule has 1 unspecified atom stereocenters. The van der Waals surface area contributed by atoms with Crippen LogP contribution in [-0.2, 0) is 4.79 Å². The van der Waals surface area contributed by atoms with Crippen molar-refractivity contribution in [3.05, 3.63) is 23.5 Å². The van der Waals surface area contributed by atoms with Crippen LogP contribution in [0.3, 0.4) is 0 Å². The van der Waals surface area contributed by atoms with Gasteiger partial charge in [0.1, 0.15) is 11.3 Å². The lowest BCUT2D eigenvalue weighted by Gasteiger charge is -2.39. The van der Waals surface area contributed by atoms with Crippen molar-refractivity contribution in [3.63, 3.8) is 0 Å². The van der Waals surface area contributed by atoms with Crippen LogP contribution >= 0.6 is 0 Å². The molecule has 2 N–H and O–H groups in total. The van der Waals surface area contributed by atoms with Crippen LogP contribution in [0.15, 0.2) is 17.7 Å². The fourth-order valence-electron chi connectivity index (χ4n) is 4.16. The SMILES string of the molecule is COc1cc2c(N)nc(N3CCN(CC(=O)C=C4CCC4)CC3C)nc2c(F)c1OC. The van der Waals surface area contributed by atoms with E-state index in [4.69, 9.17) is 15.2 Å². The molecular formula is C22H28FN5O3. The summed E-state index contributed by atoms with van der Waals surface area (Å²) < 4.78 is 25.4. The first kappa shape index (κ1) is 21.3. The maximum absolute atomic E-state index is 15.1. The Hall–Kier alpha value is -2.94. The van der Waals surface area contributed by atoms with Gasteiger partial charge in [0.15, 0.2) is 23.1 Å². The van der Waals surface area contributed by atoms with Crippen molar-refractivity contribution in [2.75, 3.05) is 51.0 Å². The molecule has 0 amide bonds. The zero-order chi connectivity index (χ0) is 22.1. The van der Waals surface area contributed by atoms with E-state index in [-0.39, 0.29) is 34.7 Å². The summed E-state index contributed by atoms with van der Waals surface area (Å²) in [6, 6.07) is 1.62. The maximum Gasteiger partial charge on any atom is 0.228 e. The third-order valence-electron chi connectivity index (χ3n) is 6.00. The molecule has 1 aromatic carbocycles. The highest BCUT2D eigenvalue weighted by atomic mass is 19.1. The second-order valence-electron chi connectivity index (χ2n) is 8.13. The smallest absolute Gasteiger partial charge is 0.228 e. The Labute approximate surface area is 180 Å². The number of ether oxygens (including phenoxy) is 2. The largest absolute Gasteiger partial charge is 0.493 e. The van der Waals surface area contributed by atoms with Crippen LogP contribution in [0.2, 0.25) is 0 Å². The molecule has 9 heteroatoms.